The lowest BCUT2D eigenvalue weighted by Crippen LogP contribution is -2.53. The Morgan fingerprint density at radius 1 is 1.32 bits per heavy atom. The lowest BCUT2D eigenvalue weighted by Gasteiger charge is -2.45. The number of aryl methyl sites for hydroxylation is 1. The van der Waals surface area contributed by atoms with E-state index >= 15 is 0 Å². The molecule has 0 spiro atoms. The van der Waals surface area contributed by atoms with Crippen LogP contribution in [-0.4, -0.2) is 25.3 Å². The number of hydrogen-bond donors (Lipinski definition) is 1. The summed E-state index contributed by atoms with van der Waals surface area (Å²) in [4.78, 5) is 2.33. The molecular weight excluding hydrogens is 243 g/mol. The molecule has 0 radical (unpaired) electrons. The standard InChI is InChI=1S/C15H21FN2O/c1-10-8-14(12(17)9-11(10)16)18-6-7-19-15-5-3-2-4-13(15)18/h8-9,13,15H,2-7,17H2,1H3. The Balaban J connectivity index is 1.93. The smallest absolute Gasteiger partial charge is 0.128 e. The molecule has 1 aromatic carbocycles. The van der Waals surface area contributed by atoms with Gasteiger partial charge in [0, 0.05) is 6.54 Å². The summed E-state index contributed by atoms with van der Waals surface area (Å²) in [6.45, 7) is 3.37. The van der Waals surface area contributed by atoms with Crippen LogP contribution in [-0.2, 0) is 4.74 Å². The summed E-state index contributed by atoms with van der Waals surface area (Å²) in [7, 11) is 0. The average Bonchev–Trinajstić information content (AvgIpc) is 2.42. The molecule has 1 heterocycles. The highest BCUT2D eigenvalue weighted by Crippen LogP contribution is 2.35. The number of rotatable bonds is 1. The van der Waals surface area contributed by atoms with Gasteiger partial charge in [0.25, 0.3) is 0 Å². The Labute approximate surface area is 113 Å². The molecule has 1 saturated heterocycles. The summed E-state index contributed by atoms with van der Waals surface area (Å²) in [5.41, 5.74) is 8.18. The van der Waals surface area contributed by atoms with Crippen LogP contribution in [0, 0.1) is 12.7 Å². The molecule has 1 aliphatic carbocycles. The number of hydrogen-bond acceptors (Lipinski definition) is 3. The molecule has 19 heavy (non-hydrogen) atoms. The van der Waals surface area contributed by atoms with Crippen LogP contribution in [0.2, 0.25) is 0 Å². The Morgan fingerprint density at radius 2 is 2.11 bits per heavy atom. The topological polar surface area (TPSA) is 38.5 Å². The fourth-order valence-electron chi connectivity index (χ4n) is 3.33. The molecule has 0 amide bonds. The number of nitrogens with zero attached hydrogens (tertiary/aromatic N) is 1. The molecule has 0 aromatic heterocycles. The van der Waals surface area contributed by atoms with Crippen LogP contribution in [0.4, 0.5) is 15.8 Å². The highest BCUT2D eigenvalue weighted by atomic mass is 19.1. The Bertz CT molecular complexity index is 475. The second-order valence-corrected chi connectivity index (χ2v) is 5.61. The molecule has 1 aliphatic heterocycles. The van der Waals surface area contributed by atoms with Crippen molar-refractivity contribution in [3.8, 4) is 0 Å². The van der Waals surface area contributed by atoms with Crippen molar-refractivity contribution >= 4 is 11.4 Å². The maximum atomic E-state index is 13.5. The van der Waals surface area contributed by atoms with Crippen LogP contribution < -0.4 is 10.6 Å². The molecule has 2 aliphatic rings. The van der Waals surface area contributed by atoms with E-state index in [0.29, 0.717) is 23.4 Å². The van der Waals surface area contributed by atoms with E-state index in [4.69, 9.17) is 10.5 Å². The summed E-state index contributed by atoms with van der Waals surface area (Å²) in [6.07, 6.45) is 5.06. The van der Waals surface area contributed by atoms with Crippen molar-refractivity contribution in [1.29, 1.82) is 0 Å². The first kappa shape index (κ1) is 12.7. The summed E-state index contributed by atoms with van der Waals surface area (Å²) >= 11 is 0. The Morgan fingerprint density at radius 3 is 2.95 bits per heavy atom. The predicted octanol–water partition coefficient (Wildman–Crippen LogP) is 2.86. The van der Waals surface area contributed by atoms with E-state index in [-0.39, 0.29) is 5.82 Å². The van der Waals surface area contributed by atoms with E-state index in [2.05, 4.69) is 4.90 Å². The summed E-state index contributed by atoms with van der Waals surface area (Å²) in [5, 5.41) is 0. The van der Waals surface area contributed by atoms with Gasteiger partial charge < -0.3 is 15.4 Å². The van der Waals surface area contributed by atoms with Crippen LogP contribution >= 0.6 is 0 Å². The molecular formula is C15H21FN2O. The van der Waals surface area contributed by atoms with E-state index in [1.807, 2.05) is 6.07 Å². The lowest BCUT2D eigenvalue weighted by atomic mass is 9.89. The van der Waals surface area contributed by atoms with Gasteiger partial charge in [0.2, 0.25) is 0 Å². The molecule has 1 saturated carbocycles. The van der Waals surface area contributed by atoms with Crippen LogP contribution in [0.3, 0.4) is 0 Å². The van der Waals surface area contributed by atoms with Gasteiger partial charge in [-0.05, 0) is 37.5 Å². The van der Waals surface area contributed by atoms with Gasteiger partial charge >= 0.3 is 0 Å². The molecule has 1 aromatic rings. The van der Waals surface area contributed by atoms with Gasteiger partial charge in [-0.2, -0.15) is 0 Å². The fraction of sp³-hybridized carbons (Fsp3) is 0.600. The summed E-state index contributed by atoms with van der Waals surface area (Å²) in [6, 6.07) is 3.72. The number of nitrogen functional groups attached to an aromatic ring is 1. The maximum Gasteiger partial charge on any atom is 0.128 e. The molecule has 0 bridgehead atoms. The van der Waals surface area contributed by atoms with Crippen LogP contribution in [0.25, 0.3) is 0 Å². The average molecular weight is 264 g/mol. The monoisotopic (exact) mass is 264 g/mol. The largest absolute Gasteiger partial charge is 0.397 e. The van der Waals surface area contributed by atoms with Crippen molar-refractivity contribution in [2.45, 2.75) is 44.8 Å². The number of benzene rings is 1. The summed E-state index contributed by atoms with van der Waals surface area (Å²) in [5.74, 6) is -0.227. The predicted molar refractivity (Wildman–Crippen MR) is 74.9 cm³/mol. The molecule has 3 rings (SSSR count). The van der Waals surface area contributed by atoms with Gasteiger partial charge in [-0.25, -0.2) is 4.39 Å². The normalized spacial score (nSPS) is 27.2. The van der Waals surface area contributed by atoms with Crippen molar-refractivity contribution in [2.24, 2.45) is 0 Å². The fourth-order valence-corrected chi connectivity index (χ4v) is 3.33. The minimum atomic E-state index is -0.227. The second-order valence-electron chi connectivity index (χ2n) is 5.61. The van der Waals surface area contributed by atoms with E-state index in [0.717, 1.165) is 31.7 Å². The molecule has 2 unspecified atom stereocenters. The van der Waals surface area contributed by atoms with Gasteiger partial charge in [0.05, 0.1) is 30.1 Å². The van der Waals surface area contributed by atoms with Crippen molar-refractivity contribution in [1.82, 2.24) is 0 Å². The minimum Gasteiger partial charge on any atom is -0.397 e. The van der Waals surface area contributed by atoms with Gasteiger partial charge in [-0.3, -0.25) is 0 Å². The van der Waals surface area contributed by atoms with Gasteiger partial charge in [0.1, 0.15) is 5.82 Å². The number of nitrogens with two attached hydrogens (primary N) is 1. The minimum absolute atomic E-state index is 0.227. The molecule has 104 valence electrons. The second kappa shape index (κ2) is 5.00. The van der Waals surface area contributed by atoms with E-state index in [9.17, 15) is 4.39 Å². The van der Waals surface area contributed by atoms with Crippen LogP contribution in [0.5, 0.6) is 0 Å². The van der Waals surface area contributed by atoms with Crippen LogP contribution in [0.15, 0.2) is 12.1 Å². The van der Waals surface area contributed by atoms with Crippen molar-refractivity contribution in [3.05, 3.63) is 23.5 Å². The number of anilines is 2. The van der Waals surface area contributed by atoms with E-state index in [1.54, 1.807) is 6.92 Å². The van der Waals surface area contributed by atoms with Crippen LogP contribution in [0.1, 0.15) is 31.2 Å². The number of morpholine rings is 1. The molecule has 2 fully saturated rings. The Hall–Kier alpha value is -1.29. The zero-order valence-electron chi connectivity index (χ0n) is 11.4. The molecule has 2 atom stereocenters. The van der Waals surface area contributed by atoms with Crippen molar-refractivity contribution in [3.63, 3.8) is 0 Å². The number of ether oxygens (including phenoxy) is 1. The lowest BCUT2D eigenvalue weighted by molar-refractivity contribution is -0.00862. The molecule has 2 N–H and O–H groups in total. The highest BCUT2D eigenvalue weighted by molar-refractivity contribution is 5.69. The number of fused-ring (bicyclic) bond motifs is 1. The first-order valence-electron chi connectivity index (χ1n) is 7.10. The van der Waals surface area contributed by atoms with Gasteiger partial charge in [-0.15, -0.1) is 0 Å². The zero-order valence-corrected chi connectivity index (χ0v) is 11.4. The SMILES string of the molecule is Cc1cc(N2CCOC3CCCCC32)c(N)cc1F. The van der Waals surface area contributed by atoms with Gasteiger partial charge in [-0.1, -0.05) is 12.8 Å². The number of halogens is 1. The van der Waals surface area contributed by atoms with Crippen molar-refractivity contribution < 1.29 is 9.13 Å². The molecule has 4 heteroatoms. The van der Waals surface area contributed by atoms with Crippen molar-refractivity contribution in [2.75, 3.05) is 23.8 Å². The zero-order chi connectivity index (χ0) is 13.4. The maximum absolute atomic E-state index is 13.5. The van der Waals surface area contributed by atoms with E-state index < -0.39 is 0 Å². The third kappa shape index (κ3) is 2.29. The van der Waals surface area contributed by atoms with E-state index in [1.165, 1.54) is 18.9 Å². The Kier molecular flexibility index (Phi) is 3.35. The summed E-state index contributed by atoms with van der Waals surface area (Å²) < 4.78 is 19.4. The first-order valence-corrected chi connectivity index (χ1v) is 7.10. The quantitative estimate of drug-likeness (QED) is 0.793. The van der Waals surface area contributed by atoms with Gasteiger partial charge in [0.15, 0.2) is 0 Å². The third-order valence-corrected chi connectivity index (χ3v) is 4.35. The molecule has 3 nitrogen and oxygen atoms in total. The third-order valence-electron chi connectivity index (χ3n) is 4.35. The first-order chi connectivity index (χ1) is 9.16. The highest BCUT2D eigenvalue weighted by Gasteiger charge is 2.35.